The van der Waals surface area contributed by atoms with Gasteiger partial charge in [-0.2, -0.15) is 0 Å². The molecule has 0 spiro atoms. The van der Waals surface area contributed by atoms with Gasteiger partial charge in [-0.1, -0.05) is 42.5 Å². The molecule has 26 heavy (non-hydrogen) atoms. The van der Waals surface area contributed by atoms with E-state index in [1.807, 2.05) is 55.5 Å². The van der Waals surface area contributed by atoms with Crippen LogP contribution >= 0.6 is 11.8 Å². The van der Waals surface area contributed by atoms with Gasteiger partial charge in [0.1, 0.15) is 11.0 Å². The minimum absolute atomic E-state index is 0.105. The van der Waals surface area contributed by atoms with Crippen molar-refractivity contribution in [1.82, 2.24) is 0 Å². The van der Waals surface area contributed by atoms with Gasteiger partial charge in [-0.25, -0.2) is 0 Å². The molecule has 6 heteroatoms. The molecule has 2 aromatic rings. The van der Waals surface area contributed by atoms with Crippen LogP contribution in [0.3, 0.4) is 0 Å². The number of nitrogens with one attached hydrogen (secondary N) is 1. The first kappa shape index (κ1) is 19.8. The van der Waals surface area contributed by atoms with Gasteiger partial charge in [0.25, 0.3) is 0 Å². The summed E-state index contributed by atoms with van der Waals surface area (Å²) in [5, 5.41) is 2.38. The Morgan fingerprint density at radius 1 is 1.00 bits per heavy atom. The number of rotatable bonds is 9. The van der Waals surface area contributed by atoms with E-state index in [0.29, 0.717) is 24.7 Å². The number of carbonyl (C=O) groups is 2. The SMILES string of the molecule is CCOC(=O)CS[C@@H](C(=O)Nc1ccccc1OCC)c1ccccc1. The van der Waals surface area contributed by atoms with Crippen LogP contribution in [0.2, 0.25) is 0 Å². The highest BCUT2D eigenvalue weighted by molar-refractivity contribution is 8.00. The normalized spacial score (nSPS) is 11.5. The molecule has 0 bridgehead atoms. The molecule has 0 fully saturated rings. The lowest BCUT2D eigenvalue weighted by Crippen LogP contribution is -2.21. The molecular weight excluding hydrogens is 350 g/mol. The Kier molecular flexibility index (Phi) is 8.02. The molecule has 1 amide bonds. The van der Waals surface area contributed by atoms with Gasteiger partial charge in [0.2, 0.25) is 5.91 Å². The molecule has 2 rings (SSSR count). The highest BCUT2D eigenvalue weighted by Crippen LogP contribution is 2.32. The number of hydrogen-bond acceptors (Lipinski definition) is 5. The maximum Gasteiger partial charge on any atom is 0.315 e. The second-order valence-corrected chi connectivity index (χ2v) is 6.42. The van der Waals surface area contributed by atoms with E-state index in [0.717, 1.165) is 5.56 Å². The van der Waals surface area contributed by atoms with E-state index in [4.69, 9.17) is 9.47 Å². The molecular formula is C20H23NO4S. The Hall–Kier alpha value is -2.47. The van der Waals surface area contributed by atoms with Gasteiger partial charge < -0.3 is 14.8 Å². The van der Waals surface area contributed by atoms with Gasteiger partial charge in [-0.3, -0.25) is 9.59 Å². The highest BCUT2D eigenvalue weighted by atomic mass is 32.2. The smallest absolute Gasteiger partial charge is 0.315 e. The Morgan fingerprint density at radius 2 is 1.69 bits per heavy atom. The molecule has 138 valence electrons. The Bertz CT molecular complexity index is 721. The van der Waals surface area contributed by atoms with E-state index in [9.17, 15) is 9.59 Å². The summed E-state index contributed by atoms with van der Waals surface area (Å²) in [4.78, 5) is 24.6. The lowest BCUT2D eigenvalue weighted by Gasteiger charge is -2.18. The zero-order chi connectivity index (χ0) is 18.8. The number of benzene rings is 2. The fourth-order valence-electron chi connectivity index (χ4n) is 2.35. The summed E-state index contributed by atoms with van der Waals surface area (Å²) in [7, 11) is 0. The zero-order valence-corrected chi connectivity index (χ0v) is 15.8. The lowest BCUT2D eigenvalue weighted by molar-refractivity contribution is -0.139. The van der Waals surface area contributed by atoms with Gasteiger partial charge in [-0.15, -0.1) is 11.8 Å². The molecule has 0 saturated heterocycles. The van der Waals surface area contributed by atoms with Crippen LogP contribution < -0.4 is 10.1 Å². The fourth-order valence-corrected chi connectivity index (χ4v) is 3.30. The Morgan fingerprint density at radius 3 is 2.38 bits per heavy atom. The van der Waals surface area contributed by atoms with Gasteiger partial charge >= 0.3 is 5.97 Å². The number of esters is 1. The fraction of sp³-hybridized carbons (Fsp3) is 0.300. The first-order valence-electron chi connectivity index (χ1n) is 8.50. The molecule has 0 saturated carbocycles. The maximum atomic E-state index is 12.9. The second-order valence-electron chi connectivity index (χ2n) is 5.33. The third kappa shape index (κ3) is 5.81. The van der Waals surface area contributed by atoms with E-state index >= 15 is 0 Å². The van der Waals surface area contributed by atoms with Gasteiger partial charge in [0.05, 0.1) is 24.7 Å². The summed E-state index contributed by atoms with van der Waals surface area (Å²) >= 11 is 1.24. The van der Waals surface area contributed by atoms with E-state index in [1.54, 1.807) is 13.0 Å². The molecule has 1 atom stereocenters. The van der Waals surface area contributed by atoms with Crippen LogP contribution in [0.25, 0.3) is 0 Å². The Labute approximate surface area is 158 Å². The Balaban J connectivity index is 2.16. The van der Waals surface area contributed by atoms with E-state index in [2.05, 4.69) is 5.32 Å². The van der Waals surface area contributed by atoms with Crippen molar-refractivity contribution in [2.75, 3.05) is 24.3 Å². The quantitative estimate of drug-likeness (QED) is 0.672. The van der Waals surface area contributed by atoms with Crippen molar-refractivity contribution in [3.8, 4) is 5.75 Å². The molecule has 0 radical (unpaired) electrons. The van der Waals surface area contributed by atoms with Crippen molar-refractivity contribution in [2.24, 2.45) is 0 Å². The third-order valence-electron chi connectivity index (χ3n) is 3.46. The maximum absolute atomic E-state index is 12.9. The molecule has 0 heterocycles. The summed E-state index contributed by atoms with van der Waals surface area (Å²) in [6.07, 6.45) is 0. The standard InChI is InChI=1S/C20H23NO4S/c1-3-24-17-13-9-8-12-16(17)21-20(23)19(15-10-6-5-7-11-15)26-14-18(22)25-4-2/h5-13,19H,3-4,14H2,1-2H3,(H,21,23)/t19-/m1/s1. The summed E-state index contributed by atoms with van der Waals surface area (Å²) in [6, 6.07) is 16.7. The van der Waals surface area contributed by atoms with Crippen molar-refractivity contribution in [1.29, 1.82) is 0 Å². The van der Waals surface area contributed by atoms with E-state index in [-0.39, 0.29) is 17.6 Å². The highest BCUT2D eigenvalue weighted by Gasteiger charge is 2.23. The minimum Gasteiger partial charge on any atom is -0.492 e. The van der Waals surface area contributed by atoms with Gasteiger partial charge in [0.15, 0.2) is 0 Å². The van der Waals surface area contributed by atoms with Crippen molar-refractivity contribution < 1.29 is 19.1 Å². The summed E-state index contributed by atoms with van der Waals surface area (Å²) in [5.41, 5.74) is 1.44. The van der Waals surface area contributed by atoms with Gasteiger partial charge in [-0.05, 0) is 31.5 Å². The van der Waals surface area contributed by atoms with E-state index < -0.39 is 5.25 Å². The second kappa shape index (κ2) is 10.5. The van der Waals surface area contributed by atoms with Crippen LogP contribution in [0.1, 0.15) is 24.7 Å². The van der Waals surface area contributed by atoms with Crippen LogP contribution in [0.4, 0.5) is 5.69 Å². The van der Waals surface area contributed by atoms with Crippen molar-refractivity contribution >= 4 is 29.3 Å². The van der Waals surface area contributed by atoms with Crippen molar-refractivity contribution in [3.63, 3.8) is 0 Å². The number of anilines is 1. The number of para-hydroxylation sites is 2. The van der Waals surface area contributed by atoms with Crippen LogP contribution in [0.15, 0.2) is 54.6 Å². The molecule has 1 N–H and O–H groups in total. The molecule has 0 unspecified atom stereocenters. The molecule has 2 aromatic carbocycles. The average molecular weight is 373 g/mol. The number of carbonyl (C=O) groups excluding carboxylic acids is 2. The minimum atomic E-state index is -0.532. The number of ether oxygens (including phenoxy) is 2. The van der Waals surface area contributed by atoms with Gasteiger partial charge in [0, 0.05) is 0 Å². The zero-order valence-electron chi connectivity index (χ0n) is 14.9. The molecule has 0 aliphatic carbocycles. The summed E-state index contributed by atoms with van der Waals surface area (Å²) in [6.45, 7) is 4.48. The monoisotopic (exact) mass is 373 g/mol. The summed E-state index contributed by atoms with van der Waals surface area (Å²) < 4.78 is 10.5. The van der Waals surface area contributed by atoms with Crippen LogP contribution in [-0.2, 0) is 14.3 Å². The number of thioether (sulfide) groups is 1. The first-order valence-corrected chi connectivity index (χ1v) is 9.55. The molecule has 0 aliphatic rings. The number of amides is 1. The molecule has 5 nitrogen and oxygen atoms in total. The first-order chi connectivity index (χ1) is 12.7. The lowest BCUT2D eigenvalue weighted by atomic mass is 10.1. The van der Waals surface area contributed by atoms with Crippen LogP contribution in [0.5, 0.6) is 5.75 Å². The van der Waals surface area contributed by atoms with Crippen LogP contribution in [0, 0.1) is 0 Å². The molecule has 0 aromatic heterocycles. The predicted molar refractivity (Wildman–Crippen MR) is 105 cm³/mol. The van der Waals surface area contributed by atoms with Crippen molar-refractivity contribution in [2.45, 2.75) is 19.1 Å². The van der Waals surface area contributed by atoms with Crippen molar-refractivity contribution in [3.05, 3.63) is 60.2 Å². The third-order valence-corrected chi connectivity index (χ3v) is 4.68. The topological polar surface area (TPSA) is 64.6 Å². The molecule has 0 aliphatic heterocycles. The van der Waals surface area contributed by atoms with E-state index in [1.165, 1.54) is 11.8 Å². The average Bonchev–Trinajstić information content (AvgIpc) is 2.65. The predicted octanol–water partition coefficient (Wildman–Crippen LogP) is 4.06. The summed E-state index contributed by atoms with van der Waals surface area (Å²) in [5.74, 6) is 0.178. The van der Waals surface area contributed by atoms with Crippen LogP contribution in [-0.4, -0.2) is 30.8 Å². The largest absolute Gasteiger partial charge is 0.492 e. The number of hydrogen-bond donors (Lipinski definition) is 1.